The maximum atomic E-state index is 4.42. The number of hydrogen-bond donors (Lipinski definition) is 1. The maximum Gasteiger partial charge on any atom is 0.174 e. The van der Waals surface area contributed by atoms with Crippen LogP contribution in [0.2, 0.25) is 0 Å². The van der Waals surface area contributed by atoms with E-state index in [2.05, 4.69) is 58.4 Å². The molecule has 1 aliphatic heterocycles. The molecule has 0 radical (unpaired) electrons. The topological polar surface area (TPSA) is 42.7 Å². The zero-order chi connectivity index (χ0) is 12.8. The van der Waals surface area contributed by atoms with Crippen LogP contribution < -0.4 is 5.32 Å². The van der Waals surface area contributed by atoms with Gasteiger partial charge in [0.25, 0.3) is 0 Å². The summed E-state index contributed by atoms with van der Waals surface area (Å²) in [4.78, 5) is 1.20. The van der Waals surface area contributed by atoms with Crippen LogP contribution in [0.15, 0.2) is 17.5 Å². The van der Waals surface area contributed by atoms with Crippen molar-refractivity contribution < 1.29 is 0 Å². The third-order valence-electron chi connectivity index (χ3n) is 3.33. The van der Waals surface area contributed by atoms with E-state index in [-0.39, 0.29) is 11.5 Å². The van der Waals surface area contributed by atoms with Crippen molar-refractivity contribution in [2.75, 3.05) is 6.54 Å². The number of hydrogen-bond acceptors (Lipinski definition) is 4. The Bertz CT molecular complexity index is 536. The Morgan fingerprint density at radius 3 is 2.89 bits per heavy atom. The zero-order valence-corrected chi connectivity index (χ0v) is 11.8. The Hall–Kier alpha value is -1.20. The van der Waals surface area contributed by atoms with Crippen LogP contribution in [0.5, 0.6) is 0 Å². The van der Waals surface area contributed by atoms with Gasteiger partial charge in [0.1, 0.15) is 0 Å². The molecule has 0 spiro atoms. The first-order valence-corrected chi connectivity index (χ1v) is 7.16. The molecule has 3 heterocycles. The minimum Gasteiger partial charge on any atom is -0.308 e. The van der Waals surface area contributed by atoms with Crippen molar-refractivity contribution in [3.8, 4) is 10.7 Å². The zero-order valence-electron chi connectivity index (χ0n) is 11.0. The number of thiophene rings is 1. The first-order chi connectivity index (χ1) is 8.57. The predicted octanol–water partition coefficient (Wildman–Crippen LogP) is 2.70. The molecule has 0 saturated heterocycles. The summed E-state index contributed by atoms with van der Waals surface area (Å²) >= 11 is 1.72. The number of nitrogens with one attached hydrogen (secondary N) is 1. The lowest BCUT2D eigenvalue weighted by molar-refractivity contribution is 0.234. The Labute approximate surface area is 111 Å². The summed E-state index contributed by atoms with van der Waals surface area (Å²) in [5.74, 6) is 2.08. The molecule has 18 heavy (non-hydrogen) atoms. The fraction of sp³-hybridized carbons (Fsp3) is 0.538. The van der Waals surface area contributed by atoms with Crippen LogP contribution in [-0.2, 0) is 6.54 Å². The summed E-state index contributed by atoms with van der Waals surface area (Å²) in [5, 5.41) is 14.4. The molecule has 1 N–H and O–H groups in total. The lowest BCUT2D eigenvalue weighted by Gasteiger charge is -2.34. The normalized spacial score (nSPS) is 19.8. The van der Waals surface area contributed by atoms with Crippen LogP contribution in [0.1, 0.15) is 32.6 Å². The van der Waals surface area contributed by atoms with Crippen LogP contribution in [0.25, 0.3) is 10.7 Å². The monoisotopic (exact) mass is 262 g/mol. The average molecular weight is 262 g/mol. The van der Waals surface area contributed by atoms with E-state index in [4.69, 9.17) is 0 Å². The molecule has 0 aliphatic carbocycles. The number of rotatable bonds is 1. The second kappa shape index (κ2) is 4.17. The maximum absolute atomic E-state index is 4.42. The smallest absolute Gasteiger partial charge is 0.174 e. The summed E-state index contributed by atoms with van der Waals surface area (Å²) in [6, 6.07) is 4.44. The van der Waals surface area contributed by atoms with Crippen LogP contribution in [0, 0.1) is 5.41 Å². The molecule has 1 atom stereocenters. The van der Waals surface area contributed by atoms with Gasteiger partial charge < -0.3 is 9.88 Å². The number of aromatic nitrogens is 3. The quantitative estimate of drug-likeness (QED) is 0.859. The fourth-order valence-electron chi connectivity index (χ4n) is 2.44. The first kappa shape index (κ1) is 11.9. The molecule has 0 amide bonds. The van der Waals surface area contributed by atoms with Crippen LogP contribution >= 0.6 is 11.3 Å². The van der Waals surface area contributed by atoms with E-state index in [1.807, 2.05) is 0 Å². The average Bonchev–Trinajstić information content (AvgIpc) is 2.95. The Kier molecular flexibility index (Phi) is 2.75. The van der Waals surface area contributed by atoms with E-state index in [9.17, 15) is 0 Å². The van der Waals surface area contributed by atoms with E-state index in [0.29, 0.717) is 0 Å². The van der Waals surface area contributed by atoms with Crippen molar-refractivity contribution in [1.29, 1.82) is 0 Å². The van der Waals surface area contributed by atoms with Gasteiger partial charge >= 0.3 is 0 Å². The van der Waals surface area contributed by atoms with Gasteiger partial charge in [-0.2, -0.15) is 0 Å². The van der Waals surface area contributed by atoms with Gasteiger partial charge in [-0.3, -0.25) is 0 Å². The second-order valence-electron chi connectivity index (χ2n) is 5.76. The minimum absolute atomic E-state index is 0.151. The summed E-state index contributed by atoms with van der Waals surface area (Å²) in [5.41, 5.74) is 0.151. The van der Waals surface area contributed by atoms with Crippen molar-refractivity contribution in [2.24, 2.45) is 5.41 Å². The molecule has 2 aromatic heterocycles. The fourth-order valence-corrected chi connectivity index (χ4v) is 3.16. The van der Waals surface area contributed by atoms with Gasteiger partial charge in [-0.25, -0.2) is 0 Å². The Morgan fingerprint density at radius 2 is 2.22 bits per heavy atom. The second-order valence-corrected chi connectivity index (χ2v) is 6.71. The molecule has 0 fully saturated rings. The minimum atomic E-state index is 0.151. The molecule has 1 aliphatic rings. The molecule has 1 unspecified atom stereocenters. The molecule has 0 aromatic carbocycles. The highest BCUT2D eigenvalue weighted by Gasteiger charge is 2.33. The highest BCUT2D eigenvalue weighted by atomic mass is 32.1. The van der Waals surface area contributed by atoms with Gasteiger partial charge in [0.05, 0.1) is 10.9 Å². The summed E-state index contributed by atoms with van der Waals surface area (Å²) in [7, 11) is 0. The molecule has 0 bridgehead atoms. The molecule has 0 saturated carbocycles. The van der Waals surface area contributed by atoms with Crippen molar-refractivity contribution >= 4 is 11.3 Å². The number of nitrogens with zero attached hydrogens (tertiary/aromatic N) is 3. The predicted molar refractivity (Wildman–Crippen MR) is 73.5 cm³/mol. The van der Waals surface area contributed by atoms with Crippen LogP contribution in [0.4, 0.5) is 0 Å². The SMILES string of the molecule is CC(C)(C)C1NCCn2c(-c3cccs3)nnc21. The van der Waals surface area contributed by atoms with Crippen LogP contribution in [0.3, 0.4) is 0 Å². The Morgan fingerprint density at radius 1 is 1.39 bits per heavy atom. The summed E-state index contributed by atoms with van der Waals surface area (Å²) in [6.07, 6.45) is 0. The third-order valence-corrected chi connectivity index (χ3v) is 4.19. The largest absolute Gasteiger partial charge is 0.308 e. The Balaban J connectivity index is 2.06. The van der Waals surface area contributed by atoms with E-state index in [1.165, 1.54) is 4.88 Å². The third kappa shape index (κ3) is 1.87. The molecule has 4 nitrogen and oxygen atoms in total. The van der Waals surface area contributed by atoms with Gasteiger partial charge in [-0.1, -0.05) is 26.8 Å². The lowest BCUT2D eigenvalue weighted by atomic mass is 9.85. The van der Waals surface area contributed by atoms with E-state index in [0.717, 1.165) is 24.7 Å². The molecular weight excluding hydrogens is 244 g/mol. The first-order valence-electron chi connectivity index (χ1n) is 6.28. The summed E-state index contributed by atoms with van der Waals surface area (Å²) < 4.78 is 2.26. The molecule has 2 aromatic rings. The number of fused-ring (bicyclic) bond motifs is 1. The molecule has 3 rings (SSSR count). The van der Waals surface area contributed by atoms with Gasteiger partial charge in [0.15, 0.2) is 11.6 Å². The highest BCUT2D eigenvalue weighted by molar-refractivity contribution is 7.13. The van der Waals surface area contributed by atoms with Crippen molar-refractivity contribution in [1.82, 2.24) is 20.1 Å². The lowest BCUT2D eigenvalue weighted by Crippen LogP contribution is -2.40. The van der Waals surface area contributed by atoms with Gasteiger partial charge in [0, 0.05) is 13.1 Å². The highest BCUT2D eigenvalue weighted by Crippen LogP contribution is 2.35. The van der Waals surface area contributed by atoms with Crippen molar-refractivity contribution in [3.05, 3.63) is 23.3 Å². The van der Waals surface area contributed by atoms with Crippen molar-refractivity contribution in [3.63, 3.8) is 0 Å². The van der Waals surface area contributed by atoms with E-state index >= 15 is 0 Å². The molecular formula is C13H18N4S. The van der Waals surface area contributed by atoms with Gasteiger partial charge in [-0.15, -0.1) is 21.5 Å². The van der Waals surface area contributed by atoms with Crippen LogP contribution in [-0.4, -0.2) is 21.3 Å². The van der Waals surface area contributed by atoms with Gasteiger partial charge in [-0.05, 0) is 16.9 Å². The van der Waals surface area contributed by atoms with E-state index < -0.39 is 0 Å². The van der Waals surface area contributed by atoms with Gasteiger partial charge in [0.2, 0.25) is 0 Å². The summed E-state index contributed by atoms with van der Waals surface area (Å²) in [6.45, 7) is 8.63. The molecule has 5 heteroatoms. The van der Waals surface area contributed by atoms with Crippen molar-refractivity contribution in [2.45, 2.75) is 33.4 Å². The molecule has 96 valence electrons. The van der Waals surface area contributed by atoms with E-state index in [1.54, 1.807) is 11.3 Å². The standard InChI is InChI=1S/C13H18N4S/c1-13(2,3)10-12-16-15-11(9-5-4-8-18-9)17(12)7-6-14-10/h4-5,8,10,14H,6-7H2,1-3H3.